The number of nitrogens with zero attached hydrogens (tertiary/aromatic N) is 2. The molecule has 0 saturated heterocycles. The fourth-order valence-corrected chi connectivity index (χ4v) is 3.94. The van der Waals surface area contributed by atoms with Crippen LogP contribution in [0, 0.1) is 0 Å². The minimum atomic E-state index is -1.87. The number of carbonyl (C=O) groups excluding carboxylic acids is 2. The normalized spacial score (nSPS) is 18.8. The highest BCUT2D eigenvalue weighted by atomic mass is 32.1. The van der Waals surface area contributed by atoms with E-state index >= 15 is 0 Å². The summed E-state index contributed by atoms with van der Waals surface area (Å²) in [6.07, 6.45) is 1.19. The smallest absolute Gasteiger partial charge is 0.264 e. The second-order valence-corrected chi connectivity index (χ2v) is 7.20. The molecule has 0 aliphatic carbocycles. The first-order valence-electron chi connectivity index (χ1n) is 8.20. The summed E-state index contributed by atoms with van der Waals surface area (Å²) in [6, 6.07) is 15.9. The molecule has 130 valence electrons. The number of fused-ring (bicyclic) bond motifs is 1. The van der Waals surface area contributed by atoms with E-state index < -0.39 is 11.5 Å². The first-order chi connectivity index (χ1) is 12.6. The van der Waals surface area contributed by atoms with Gasteiger partial charge < -0.3 is 10.0 Å². The number of hydrogen-bond donors (Lipinski definition) is 1. The molecule has 1 amide bonds. The molecule has 1 aliphatic heterocycles. The van der Waals surface area contributed by atoms with Gasteiger partial charge in [-0.05, 0) is 29.6 Å². The average Bonchev–Trinajstić information content (AvgIpc) is 3.25. The van der Waals surface area contributed by atoms with Crippen LogP contribution in [0.1, 0.15) is 27.3 Å². The molecule has 0 bridgehead atoms. The van der Waals surface area contributed by atoms with Crippen molar-refractivity contribution < 1.29 is 14.7 Å². The molecule has 2 aromatic heterocycles. The molecule has 1 aromatic carbocycles. The third-order valence-corrected chi connectivity index (χ3v) is 5.36. The maximum Gasteiger partial charge on any atom is 0.264 e. The number of carbonyl (C=O) groups is 2. The Hall–Kier alpha value is -2.83. The zero-order chi connectivity index (χ0) is 18.1. The number of ketones is 1. The fourth-order valence-electron chi connectivity index (χ4n) is 3.24. The number of anilines is 1. The number of aromatic nitrogens is 1. The number of rotatable bonds is 5. The van der Waals surface area contributed by atoms with E-state index in [0.717, 1.165) is 4.88 Å². The number of hydrogen-bond acceptors (Lipinski definition) is 5. The lowest BCUT2D eigenvalue weighted by atomic mass is 9.89. The van der Waals surface area contributed by atoms with Crippen LogP contribution < -0.4 is 4.90 Å². The largest absolute Gasteiger partial charge is 0.375 e. The minimum absolute atomic E-state index is 0.239. The molecule has 4 rings (SSSR count). The van der Waals surface area contributed by atoms with Crippen LogP contribution in [0.15, 0.2) is 66.2 Å². The zero-order valence-corrected chi connectivity index (χ0v) is 14.6. The van der Waals surface area contributed by atoms with Gasteiger partial charge in [0.1, 0.15) is 5.69 Å². The van der Waals surface area contributed by atoms with Crippen molar-refractivity contribution in [3.05, 3.63) is 82.3 Å². The molecule has 3 aromatic rings. The van der Waals surface area contributed by atoms with Crippen LogP contribution >= 0.6 is 11.3 Å². The number of pyridine rings is 1. The van der Waals surface area contributed by atoms with E-state index in [1.54, 1.807) is 52.6 Å². The summed E-state index contributed by atoms with van der Waals surface area (Å²) in [7, 11) is 0. The van der Waals surface area contributed by atoms with Crippen LogP contribution in [-0.2, 0) is 16.9 Å². The van der Waals surface area contributed by atoms with Crippen LogP contribution in [0.4, 0.5) is 5.69 Å². The molecule has 0 radical (unpaired) electrons. The van der Waals surface area contributed by atoms with Gasteiger partial charge in [-0.3, -0.25) is 14.6 Å². The second kappa shape index (κ2) is 6.48. The number of aliphatic hydroxyl groups is 1. The molecule has 0 saturated carbocycles. The van der Waals surface area contributed by atoms with Gasteiger partial charge >= 0.3 is 0 Å². The lowest BCUT2D eigenvalue weighted by Gasteiger charge is -2.22. The van der Waals surface area contributed by atoms with E-state index in [4.69, 9.17) is 0 Å². The van der Waals surface area contributed by atoms with Crippen LogP contribution in [0.5, 0.6) is 0 Å². The molecule has 0 fully saturated rings. The van der Waals surface area contributed by atoms with E-state index in [0.29, 0.717) is 17.8 Å². The summed E-state index contributed by atoms with van der Waals surface area (Å²) in [4.78, 5) is 32.3. The molecule has 26 heavy (non-hydrogen) atoms. The molecule has 0 unspecified atom stereocenters. The van der Waals surface area contributed by atoms with Crippen LogP contribution in [0.2, 0.25) is 0 Å². The summed E-state index contributed by atoms with van der Waals surface area (Å²) in [5.74, 6) is -0.842. The van der Waals surface area contributed by atoms with E-state index in [-0.39, 0.29) is 17.9 Å². The summed E-state index contributed by atoms with van der Waals surface area (Å²) < 4.78 is 0. The monoisotopic (exact) mass is 364 g/mol. The average molecular weight is 364 g/mol. The van der Waals surface area contributed by atoms with Crippen molar-refractivity contribution in [3.8, 4) is 0 Å². The molecular formula is C20H16N2O3S. The third-order valence-electron chi connectivity index (χ3n) is 4.50. The Labute approximate surface area is 154 Å². The molecule has 1 N–H and O–H groups in total. The van der Waals surface area contributed by atoms with Gasteiger partial charge in [0.05, 0.1) is 18.7 Å². The lowest BCUT2D eigenvalue weighted by Crippen LogP contribution is -2.41. The third kappa shape index (κ3) is 2.73. The predicted octanol–water partition coefficient (Wildman–Crippen LogP) is 3.15. The van der Waals surface area contributed by atoms with Crippen LogP contribution in [-0.4, -0.2) is 21.8 Å². The van der Waals surface area contributed by atoms with Crippen molar-refractivity contribution in [2.45, 2.75) is 18.6 Å². The Morgan fingerprint density at radius 2 is 1.92 bits per heavy atom. The maximum atomic E-state index is 13.1. The van der Waals surface area contributed by atoms with Gasteiger partial charge in [0.15, 0.2) is 11.4 Å². The van der Waals surface area contributed by atoms with Gasteiger partial charge in [0.2, 0.25) is 0 Å². The lowest BCUT2D eigenvalue weighted by molar-refractivity contribution is -0.136. The van der Waals surface area contributed by atoms with E-state index in [1.807, 2.05) is 23.6 Å². The van der Waals surface area contributed by atoms with Crippen molar-refractivity contribution in [2.75, 3.05) is 4.90 Å². The van der Waals surface area contributed by atoms with E-state index in [1.165, 1.54) is 6.20 Å². The van der Waals surface area contributed by atoms with Gasteiger partial charge in [-0.15, -0.1) is 11.3 Å². The Morgan fingerprint density at radius 1 is 1.12 bits per heavy atom. The standard InChI is InChI=1S/C20H16N2O3S/c23-18(16-8-3-4-10-21-16)12-20(25)15-7-1-2-9-17(15)22(19(20)24)13-14-6-5-11-26-14/h1-11,25H,12-13H2/t20-/m1/s1. The molecule has 6 heteroatoms. The molecule has 3 heterocycles. The maximum absolute atomic E-state index is 13.1. The first kappa shape index (κ1) is 16.6. The number of thiophene rings is 1. The Kier molecular flexibility index (Phi) is 4.14. The molecule has 1 aliphatic rings. The molecular weight excluding hydrogens is 348 g/mol. The SMILES string of the molecule is O=C(C[C@]1(O)C(=O)N(Cc2cccs2)c2ccccc21)c1ccccn1. The number of para-hydroxylation sites is 1. The van der Waals surface area contributed by atoms with E-state index in [9.17, 15) is 14.7 Å². The number of benzene rings is 1. The van der Waals surface area contributed by atoms with Crippen molar-refractivity contribution in [1.82, 2.24) is 4.98 Å². The fraction of sp³-hybridized carbons (Fsp3) is 0.150. The van der Waals surface area contributed by atoms with Gasteiger partial charge in [-0.25, -0.2) is 0 Å². The van der Waals surface area contributed by atoms with Gasteiger partial charge in [-0.2, -0.15) is 0 Å². The van der Waals surface area contributed by atoms with Gasteiger partial charge in [0.25, 0.3) is 5.91 Å². The quantitative estimate of drug-likeness (QED) is 0.706. The highest BCUT2D eigenvalue weighted by molar-refractivity contribution is 7.09. The number of amides is 1. The van der Waals surface area contributed by atoms with Crippen molar-refractivity contribution >= 4 is 28.7 Å². The summed E-state index contributed by atoms with van der Waals surface area (Å²) in [6.45, 7) is 0.369. The van der Waals surface area contributed by atoms with Crippen molar-refractivity contribution in [1.29, 1.82) is 0 Å². The summed E-state index contributed by atoms with van der Waals surface area (Å²) in [5.41, 5.74) is -0.529. The predicted molar refractivity (Wildman–Crippen MR) is 99.0 cm³/mol. The summed E-state index contributed by atoms with van der Waals surface area (Å²) >= 11 is 1.54. The second-order valence-electron chi connectivity index (χ2n) is 6.16. The molecule has 5 nitrogen and oxygen atoms in total. The topological polar surface area (TPSA) is 70.5 Å². The molecule has 1 atom stereocenters. The molecule has 0 spiro atoms. The zero-order valence-electron chi connectivity index (χ0n) is 13.8. The Bertz CT molecular complexity index is 956. The Morgan fingerprint density at radius 3 is 2.65 bits per heavy atom. The highest BCUT2D eigenvalue weighted by Gasteiger charge is 2.50. The van der Waals surface area contributed by atoms with Crippen molar-refractivity contribution in [3.63, 3.8) is 0 Å². The highest BCUT2D eigenvalue weighted by Crippen LogP contribution is 2.43. The first-order valence-corrected chi connectivity index (χ1v) is 9.08. The number of Topliss-reactive ketones (excluding diaryl/α,β-unsaturated/α-hetero) is 1. The Balaban J connectivity index is 1.69. The van der Waals surface area contributed by atoms with Crippen molar-refractivity contribution in [2.24, 2.45) is 0 Å². The minimum Gasteiger partial charge on any atom is -0.375 e. The van der Waals surface area contributed by atoms with Gasteiger partial charge in [-0.1, -0.05) is 30.3 Å². The van der Waals surface area contributed by atoms with E-state index in [2.05, 4.69) is 4.98 Å². The summed E-state index contributed by atoms with van der Waals surface area (Å²) in [5, 5.41) is 13.1. The van der Waals surface area contributed by atoms with Gasteiger partial charge in [0, 0.05) is 16.6 Å². The van der Waals surface area contributed by atoms with Crippen LogP contribution in [0.25, 0.3) is 0 Å². The van der Waals surface area contributed by atoms with Crippen LogP contribution in [0.3, 0.4) is 0 Å².